The molecule has 0 radical (unpaired) electrons. The Balaban J connectivity index is 2.21. The molecule has 3 heteroatoms. The van der Waals surface area contributed by atoms with Crippen molar-refractivity contribution in [2.24, 2.45) is 0 Å². The molecule has 0 bridgehead atoms. The molecule has 0 heterocycles. The van der Waals surface area contributed by atoms with Crippen LogP contribution in [0.15, 0.2) is 48.5 Å². The molecule has 1 amide bonds. The summed E-state index contributed by atoms with van der Waals surface area (Å²) < 4.78 is 0. The molecule has 0 aliphatic heterocycles. The second kappa shape index (κ2) is 5.27. The summed E-state index contributed by atoms with van der Waals surface area (Å²) in [6.07, 6.45) is 0.727. The lowest BCUT2D eigenvalue weighted by Gasteiger charge is -2.07. The van der Waals surface area contributed by atoms with Crippen molar-refractivity contribution in [2.45, 2.75) is 6.92 Å². The summed E-state index contributed by atoms with van der Waals surface area (Å²) >= 11 is 0. The van der Waals surface area contributed by atoms with E-state index >= 15 is 0 Å². The van der Waals surface area contributed by atoms with Gasteiger partial charge in [-0.05, 0) is 31.2 Å². The summed E-state index contributed by atoms with van der Waals surface area (Å²) in [4.78, 5) is 22.8. The second-order valence-corrected chi connectivity index (χ2v) is 4.03. The number of benzene rings is 2. The van der Waals surface area contributed by atoms with Gasteiger partial charge in [0.2, 0.25) is 0 Å². The quantitative estimate of drug-likeness (QED) is 0.837. The lowest BCUT2D eigenvalue weighted by atomic mass is 10.1. The molecule has 0 aliphatic carbocycles. The van der Waals surface area contributed by atoms with E-state index in [1.807, 2.05) is 19.1 Å². The van der Waals surface area contributed by atoms with Gasteiger partial charge in [0.05, 0.1) is 5.69 Å². The summed E-state index contributed by atoms with van der Waals surface area (Å²) in [5, 5.41) is 2.73. The molecule has 0 fully saturated rings. The third kappa shape index (κ3) is 2.63. The zero-order valence-corrected chi connectivity index (χ0v) is 10.0. The van der Waals surface area contributed by atoms with E-state index in [-0.39, 0.29) is 5.91 Å². The molecule has 18 heavy (non-hydrogen) atoms. The molecule has 3 nitrogen and oxygen atoms in total. The van der Waals surface area contributed by atoms with Crippen LogP contribution in [0.4, 0.5) is 5.69 Å². The Hall–Kier alpha value is -2.42. The first-order valence-electron chi connectivity index (χ1n) is 5.63. The Morgan fingerprint density at radius 1 is 1.06 bits per heavy atom. The molecule has 90 valence electrons. The number of anilines is 1. The van der Waals surface area contributed by atoms with Crippen molar-refractivity contribution in [2.75, 3.05) is 5.32 Å². The zero-order valence-electron chi connectivity index (χ0n) is 10.0. The van der Waals surface area contributed by atoms with E-state index in [9.17, 15) is 9.59 Å². The van der Waals surface area contributed by atoms with Crippen molar-refractivity contribution < 1.29 is 9.59 Å². The molecule has 0 spiro atoms. The van der Waals surface area contributed by atoms with Crippen LogP contribution >= 0.6 is 0 Å². The van der Waals surface area contributed by atoms with Crippen LogP contribution in [0.3, 0.4) is 0 Å². The maximum absolute atomic E-state index is 12.0. The van der Waals surface area contributed by atoms with E-state index in [2.05, 4.69) is 5.32 Å². The van der Waals surface area contributed by atoms with E-state index < -0.39 is 0 Å². The summed E-state index contributed by atoms with van der Waals surface area (Å²) in [6, 6.07) is 14.2. The fourth-order valence-electron chi connectivity index (χ4n) is 1.61. The number of hydrogen-bond donors (Lipinski definition) is 1. The minimum atomic E-state index is -0.218. The Morgan fingerprint density at radius 3 is 2.39 bits per heavy atom. The predicted octanol–water partition coefficient (Wildman–Crippen LogP) is 3.06. The lowest BCUT2D eigenvalue weighted by molar-refractivity contribution is 0.102. The number of rotatable bonds is 3. The van der Waals surface area contributed by atoms with Gasteiger partial charge in [0, 0.05) is 11.1 Å². The van der Waals surface area contributed by atoms with Gasteiger partial charge in [-0.1, -0.05) is 29.8 Å². The van der Waals surface area contributed by atoms with Crippen LogP contribution in [0.2, 0.25) is 0 Å². The average molecular weight is 239 g/mol. The summed E-state index contributed by atoms with van der Waals surface area (Å²) in [5.41, 5.74) is 2.66. The van der Waals surface area contributed by atoms with Gasteiger partial charge >= 0.3 is 0 Å². The van der Waals surface area contributed by atoms with Gasteiger partial charge in [0.1, 0.15) is 0 Å². The van der Waals surface area contributed by atoms with E-state index in [0.717, 1.165) is 11.8 Å². The van der Waals surface area contributed by atoms with Crippen LogP contribution in [-0.4, -0.2) is 12.2 Å². The van der Waals surface area contributed by atoms with Crippen molar-refractivity contribution in [1.82, 2.24) is 0 Å². The van der Waals surface area contributed by atoms with E-state index in [0.29, 0.717) is 16.8 Å². The van der Waals surface area contributed by atoms with Crippen LogP contribution in [0, 0.1) is 6.92 Å². The van der Waals surface area contributed by atoms with Gasteiger partial charge in [-0.2, -0.15) is 0 Å². The van der Waals surface area contributed by atoms with Gasteiger partial charge in [0.25, 0.3) is 5.91 Å². The Labute approximate surface area is 105 Å². The number of nitrogens with one attached hydrogen (secondary N) is 1. The monoisotopic (exact) mass is 239 g/mol. The number of aryl methyl sites for hydroxylation is 1. The SMILES string of the molecule is Cc1ccc(C(=O)Nc2ccccc2C=O)cc1. The van der Waals surface area contributed by atoms with Crippen LogP contribution in [-0.2, 0) is 0 Å². The number of carbonyl (C=O) groups is 2. The summed E-state index contributed by atoms with van der Waals surface area (Å²) in [7, 11) is 0. The fourth-order valence-corrected chi connectivity index (χ4v) is 1.61. The van der Waals surface area contributed by atoms with Crippen molar-refractivity contribution >= 4 is 17.9 Å². The average Bonchev–Trinajstić information content (AvgIpc) is 2.40. The van der Waals surface area contributed by atoms with E-state index in [1.165, 1.54) is 0 Å². The molecule has 2 aromatic rings. The van der Waals surface area contributed by atoms with Crippen molar-refractivity contribution in [3.63, 3.8) is 0 Å². The first-order chi connectivity index (χ1) is 8.70. The smallest absolute Gasteiger partial charge is 0.255 e. The van der Waals surface area contributed by atoms with Crippen LogP contribution in [0.1, 0.15) is 26.3 Å². The lowest BCUT2D eigenvalue weighted by Crippen LogP contribution is -2.13. The van der Waals surface area contributed by atoms with Crippen LogP contribution < -0.4 is 5.32 Å². The highest BCUT2D eigenvalue weighted by atomic mass is 16.1. The Bertz CT molecular complexity index is 573. The molecular weight excluding hydrogens is 226 g/mol. The molecule has 0 aromatic heterocycles. The van der Waals surface area contributed by atoms with Gasteiger partial charge in [-0.15, -0.1) is 0 Å². The maximum atomic E-state index is 12.0. The van der Waals surface area contributed by atoms with Gasteiger partial charge in [-0.3, -0.25) is 9.59 Å². The molecule has 2 aromatic carbocycles. The maximum Gasteiger partial charge on any atom is 0.255 e. The van der Waals surface area contributed by atoms with Crippen LogP contribution in [0.5, 0.6) is 0 Å². The Kier molecular flexibility index (Phi) is 3.53. The Morgan fingerprint density at radius 2 is 1.72 bits per heavy atom. The molecule has 0 unspecified atom stereocenters. The largest absolute Gasteiger partial charge is 0.321 e. The minimum Gasteiger partial charge on any atom is -0.321 e. The highest BCUT2D eigenvalue weighted by molar-refractivity contribution is 6.06. The van der Waals surface area contributed by atoms with Crippen molar-refractivity contribution in [3.05, 3.63) is 65.2 Å². The number of hydrogen-bond acceptors (Lipinski definition) is 2. The first kappa shape index (κ1) is 12.0. The normalized spacial score (nSPS) is 9.83. The fraction of sp³-hybridized carbons (Fsp3) is 0.0667. The van der Waals surface area contributed by atoms with E-state index in [1.54, 1.807) is 36.4 Å². The topological polar surface area (TPSA) is 46.2 Å². The highest BCUT2D eigenvalue weighted by Crippen LogP contribution is 2.14. The summed E-state index contributed by atoms with van der Waals surface area (Å²) in [5.74, 6) is -0.218. The number of amides is 1. The molecular formula is C15H13NO2. The van der Waals surface area contributed by atoms with Crippen molar-refractivity contribution in [1.29, 1.82) is 0 Å². The standard InChI is InChI=1S/C15H13NO2/c1-11-6-8-12(9-7-11)15(18)16-14-5-3-2-4-13(14)10-17/h2-10H,1H3,(H,16,18). The second-order valence-electron chi connectivity index (χ2n) is 4.03. The third-order valence-electron chi connectivity index (χ3n) is 2.65. The van der Waals surface area contributed by atoms with E-state index in [4.69, 9.17) is 0 Å². The summed E-state index contributed by atoms with van der Waals surface area (Å²) in [6.45, 7) is 1.96. The zero-order chi connectivity index (χ0) is 13.0. The first-order valence-corrected chi connectivity index (χ1v) is 5.63. The number of para-hydroxylation sites is 1. The van der Waals surface area contributed by atoms with Crippen LogP contribution in [0.25, 0.3) is 0 Å². The minimum absolute atomic E-state index is 0.218. The molecule has 2 rings (SSSR count). The highest BCUT2D eigenvalue weighted by Gasteiger charge is 2.07. The molecule has 0 aliphatic rings. The van der Waals surface area contributed by atoms with Gasteiger partial charge in [0.15, 0.2) is 6.29 Å². The molecule has 1 N–H and O–H groups in total. The number of aldehydes is 1. The third-order valence-corrected chi connectivity index (χ3v) is 2.65. The number of carbonyl (C=O) groups excluding carboxylic acids is 2. The molecule has 0 atom stereocenters. The van der Waals surface area contributed by atoms with Crippen molar-refractivity contribution in [3.8, 4) is 0 Å². The predicted molar refractivity (Wildman–Crippen MR) is 71.0 cm³/mol. The van der Waals surface area contributed by atoms with Gasteiger partial charge < -0.3 is 5.32 Å². The molecule has 0 saturated carbocycles. The molecule has 0 saturated heterocycles. The van der Waals surface area contributed by atoms with Gasteiger partial charge in [-0.25, -0.2) is 0 Å².